The van der Waals surface area contributed by atoms with E-state index in [2.05, 4.69) is 20.1 Å². The lowest BCUT2D eigenvalue weighted by molar-refractivity contribution is -0.384. The highest BCUT2D eigenvalue weighted by molar-refractivity contribution is 7.14. The topological polar surface area (TPSA) is 105 Å². The molecule has 10 heteroatoms. The van der Waals surface area contributed by atoms with Gasteiger partial charge >= 0.3 is 0 Å². The van der Waals surface area contributed by atoms with Crippen molar-refractivity contribution in [1.82, 2.24) is 9.88 Å². The maximum absolute atomic E-state index is 12.5. The highest BCUT2D eigenvalue weighted by atomic mass is 32.1. The van der Waals surface area contributed by atoms with Crippen molar-refractivity contribution in [2.75, 3.05) is 42.9 Å². The Morgan fingerprint density at radius 3 is 2.61 bits per heavy atom. The van der Waals surface area contributed by atoms with Crippen LogP contribution in [0.3, 0.4) is 0 Å². The van der Waals surface area contributed by atoms with Crippen molar-refractivity contribution in [2.45, 2.75) is 0 Å². The number of hydrogen-bond donors (Lipinski definition) is 1. The molecule has 0 radical (unpaired) electrons. The van der Waals surface area contributed by atoms with Crippen LogP contribution in [0.15, 0.2) is 64.4 Å². The fourth-order valence-corrected chi connectivity index (χ4v) is 4.58. The summed E-state index contributed by atoms with van der Waals surface area (Å²) in [5.41, 5.74) is 2.53. The number of fused-ring (bicyclic) bond motifs is 1. The molecule has 1 N–H and O–H groups in total. The Labute approximate surface area is 193 Å². The Hall–Kier alpha value is -3.76. The van der Waals surface area contributed by atoms with E-state index < -0.39 is 4.92 Å². The fraction of sp³-hybridized carbons (Fsp3) is 0.217. The predicted octanol–water partition coefficient (Wildman–Crippen LogP) is 4.23. The number of nitro groups is 1. The van der Waals surface area contributed by atoms with Gasteiger partial charge in [-0.05, 0) is 24.3 Å². The normalized spacial score (nSPS) is 14.5. The highest BCUT2D eigenvalue weighted by Crippen LogP contribution is 2.30. The van der Waals surface area contributed by atoms with Crippen LogP contribution in [0, 0.1) is 10.1 Å². The van der Waals surface area contributed by atoms with Crippen LogP contribution in [-0.4, -0.2) is 53.4 Å². The van der Waals surface area contributed by atoms with E-state index in [4.69, 9.17) is 4.42 Å². The first-order chi connectivity index (χ1) is 16.0. The van der Waals surface area contributed by atoms with E-state index in [-0.39, 0.29) is 18.1 Å². The molecule has 2 aromatic heterocycles. The minimum absolute atomic E-state index is 0.0831. The number of anilines is 2. The second kappa shape index (κ2) is 9.00. The maximum atomic E-state index is 12.5. The molecule has 1 saturated heterocycles. The number of para-hydroxylation sites is 1. The van der Waals surface area contributed by atoms with Crippen LogP contribution in [0.1, 0.15) is 0 Å². The number of nitrogens with one attached hydrogen (secondary N) is 1. The summed E-state index contributed by atoms with van der Waals surface area (Å²) >= 11 is 1.37. The van der Waals surface area contributed by atoms with E-state index in [1.807, 2.05) is 35.7 Å². The second-order valence-corrected chi connectivity index (χ2v) is 8.63. The SMILES string of the molecule is O=C(CN1CCN(c2ccc([N+](=O)[O-])cc2)CC1)Nc1nc(-c2cc3ccccc3o2)cs1. The minimum Gasteiger partial charge on any atom is -0.454 e. The van der Waals surface area contributed by atoms with Gasteiger partial charge in [0.1, 0.15) is 11.3 Å². The summed E-state index contributed by atoms with van der Waals surface area (Å²) in [5, 5.41) is 17.1. The van der Waals surface area contributed by atoms with Crippen molar-refractivity contribution in [3.63, 3.8) is 0 Å². The van der Waals surface area contributed by atoms with Gasteiger partial charge < -0.3 is 14.6 Å². The van der Waals surface area contributed by atoms with Gasteiger partial charge in [-0.2, -0.15) is 0 Å². The molecule has 0 atom stereocenters. The molecular weight excluding hydrogens is 442 g/mol. The molecule has 0 aliphatic carbocycles. The minimum atomic E-state index is -0.400. The summed E-state index contributed by atoms with van der Waals surface area (Å²) in [6.45, 7) is 3.24. The third-order valence-electron chi connectivity index (χ3n) is 5.59. The third-order valence-corrected chi connectivity index (χ3v) is 6.35. The Kier molecular flexibility index (Phi) is 5.76. The molecule has 0 spiro atoms. The molecule has 33 heavy (non-hydrogen) atoms. The number of amides is 1. The zero-order valence-corrected chi connectivity index (χ0v) is 18.5. The van der Waals surface area contributed by atoms with E-state index in [1.54, 1.807) is 12.1 Å². The molecule has 0 bridgehead atoms. The van der Waals surface area contributed by atoms with E-state index in [0.717, 1.165) is 42.8 Å². The first-order valence-corrected chi connectivity index (χ1v) is 11.4. The summed E-state index contributed by atoms with van der Waals surface area (Å²) in [4.78, 5) is 31.7. The molecule has 3 heterocycles. The van der Waals surface area contributed by atoms with Crippen LogP contribution in [0.4, 0.5) is 16.5 Å². The Balaban J connectivity index is 1.13. The zero-order chi connectivity index (χ0) is 22.8. The Morgan fingerprint density at radius 1 is 1.12 bits per heavy atom. The number of aromatic nitrogens is 1. The molecule has 2 aromatic carbocycles. The average molecular weight is 464 g/mol. The number of hydrogen-bond acceptors (Lipinski definition) is 8. The number of non-ortho nitro benzene ring substituents is 1. The first kappa shape index (κ1) is 21.1. The fourth-order valence-electron chi connectivity index (χ4n) is 3.86. The highest BCUT2D eigenvalue weighted by Gasteiger charge is 2.20. The molecule has 9 nitrogen and oxygen atoms in total. The number of thiazole rings is 1. The molecule has 5 rings (SSSR count). The van der Waals surface area contributed by atoms with Crippen LogP contribution < -0.4 is 10.2 Å². The van der Waals surface area contributed by atoms with Crippen molar-refractivity contribution in [3.8, 4) is 11.5 Å². The van der Waals surface area contributed by atoms with E-state index in [1.165, 1.54) is 23.5 Å². The van der Waals surface area contributed by atoms with Crippen molar-refractivity contribution >= 4 is 44.7 Å². The van der Waals surface area contributed by atoms with E-state index in [0.29, 0.717) is 16.6 Å². The monoisotopic (exact) mass is 463 g/mol. The lowest BCUT2D eigenvalue weighted by atomic mass is 10.2. The van der Waals surface area contributed by atoms with Crippen LogP contribution in [0.5, 0.6) is 0 Å². The number of carbonyl (C=O) groups is 1. The summed E-state index contributed by atoms with van der Waals surface area (Å²) in [6.07, 6.45) is 0. The van der Waals surface area contributed by atoms with Gasteiger partial charge in [-0.25, -0.2) is 4.98 Å². The molecule has 168 valence electrons. The van der Waals surface area contributed by atoms with Gasteiger partial charge in [0.05, 0.1) is 11.5 Å². The zero-order valence-electron chi connectivity index (χ0n) is 17.6. The van der Waals surface area contributed by atoms with Crippen LogP contribution in [0.2, 0.25) is 0 Å². The summed E-state index contributed by atoms with van der Waals surface area (Å²) < 4.78 is 5.84. The van der Waals surface area contributed by atoms with E-state index >= 15 is 0 Å². The van der Waals surface area contributed by atoms with Gasteiger partial charge in [-0.1, -0.05) is 18.2 Å². The number of benzene rings is 2. The molecule has 0 saturated carbocycles. The maximum Gasteiger partial charge on any atom is 0.269 e. The Morgan fingerprint density at radius 2 is 1.88 bits per heavy atom. The van der Waals surface area contributed by atoms with Crippen LogP contribution >= 0.6 is 11.3 Å². The third kappa shape index (κ3) is 4.71. The molecule has 0 unspecified atom stereocenters. The van der Waals surface area contributed by atoms with Gasteiger partial charge in [0.2, 0.25) is 5.91 Å². The number of nitrogens with zero attached hydrogens (tertiary/aromatic N) is 4. The van der Waals surface area contributed by atoms with Crippen molar-refractivity contribution < 1.29 is 14.1 Å². The molecule has 1 aliphatic rings. The first-order valence-electron chi connectivity index (χ1n) is 10.5. The standard InChI is InChI=1S/C23H21N5O4S/c29-22(14-26-9-11-27(12-10-26)17-5-7-18(8-6-17)28(30)31)25-23-24-19(15-33-23)21-13-16-3-1-2-4-20(16)32-21/h1-8,13,15H,9-12,14H2,(H,24,25,29). The molecule has 4 aromatic rings. The lowest BCUT2D eigenvalue weighted by Gasteiger charge is -2.35. The van der Waals surface area contributed by atoms with Crippen LogP contribution in [-0.2, 0) is 4.79 Å². The van der Waals surface area contributed by atoms with Gasteiger partial charge in [-0.15, -0.1) is 11.3 Å². The molecule has 1 amide bonds. The predicted molar refractivity (Wildman–Crippen MR) is 128 cm³/mol. The number of nitro benzene ring substituents is 1. The molecular formula is C23H21N5O4S. The number of furan rings is 1. The quantitative estimate of drug-likeness (QED) is 0.337. The molecule has 1 fully saturated rings. The van der Waals surface area contributed by atoms with Crippen LogP contribution in [0.25, 0.3) is 22.4 Å². The Bertz CT molecular complexity index is 1260. The largest absolute Gasteiger partial charge is 0.454 e. The van der Waals surface area contributed by atoms with Crippen molar-refractivity contribution in [2.24, 2.45) is 0 Å². The van der Waals surface area contributed by atoms with Gasteiger partial charge in [0.25, 0.3) is 5.69 Å². The number of piperazine rings is 1. The van der Waals surface area contributed by atoms with Crippen molar-refractivity contribution in [3.05, 3.63) is 70.1 Å². The molecule has 1 aliphatic heterocycles. The average Bonchev–Trinajstić information content (AvgIpc) is 3.46. The summed E-state index contributed by atoms with van der Waals surface area (Å²) in [7, 11) is 0. The summed E-state index contributed by atoms with van der Waals surface area (Å²) in [6, 6.07) is 16.3. The van der Waals surface area contributed by atoms with Crippen molar-refractivity contribution in [1.29, 1.82) is 0 Å². The van der Waals surface area contributed by atoms with Gasteiger partial charge in [0, 0.05) is 54.8 Å². The lowest BCUT2D eigenvalue weighted by Crippen LogP contribution is -2.48. The number of carbonyl (C=O) groups excluding carboxylic acids is 1. The number of rotatable bonds is 6. The van der Waals surface area contributed by atoms with E-state index in [9.17, 15) is 14.9 Å². The summed E-state index contributed by atoms with van der Waals surface area (Å²) in [5.74, 6) is 0.569. The smallest absolute Gasteiger partial charge is 0.269 e. The second-order valence-electron chi connectivity index (χ2n) is 7.77. The van der Waals surface area contributed by atoms with Gasteiger partial charge in [-0.3, -0.25) is 19.8 Å². The van der Waals surface area contributed by atoms with Gasteiger partial charge in [0.15, 0.2) is 10.9 Å².